The molecule has 2 fully saturated rings. The number of aromatic nitrogens is 4. The first-order valence-corrected chi connectivity index (χ1v) is 14.7. The molecule has 1 saturated heterocycles. The zero-order valence-corrected chi connectivity index (χ0v) is 23.7. The number of aliphatic hydroxyl groups is 2. The largest absolute Gasteiger partial charge is 0.388 e. The van der Waals surface area contributed by atoms with E-state index in [9.17, 15) is 15.0 Å². The van der Waals surface area contributed by atoms with E-state index in [4.69, 9.17) is 15.7 Å². The Hall–Kier alpha value is -4.06. The monoisotopic (exact) mass is 570 g/mol. The van der Waals surface area contributed by atoms with Gasteiger partial charge >= 0.3 is 0 Å². The molecule has 11 heteroatoms. The molecule has 1 saturated carbocycles. The van der Waals surface area contributed by atoms with Gasteiger partial charge in [-0.2, -0.15) is 9.97 Å². The van der Waals surface area contributed by atoms with Crippen LogP contribution in [0, 0.1) is 0 Å². The first-order valence-electron chi connectivity index (χ1n) is 14.7. The molecular formula is C31H38N8O3. The summed E-state index contributed by atoms with van der Waals surface area (Å²) in [5.74, 6) is 1.03. The molecule has 2 aromatic heterocycles. The summed E-state index contributed by atoms with van der Waals surface area (Å²) >= 11 is 0. The Kier molecular flexibility index (Phi) is 8.05. The topological polar surface area (TPSA) is 154 Å². The predicted molar refractivity (Wildman–Crippen MR) is 161 cm³/mol. The number of hydrogen-bond donors (Lipinski definition) is 5. The summed E-state index contributed by atoms with van der Waals surface area (Å²) < 4.78 is 1.81. The molecule has 6 rings (SSSR count). The minimum absolute atomic E-state index is 0.0425. The Morgan fingerprint density at radius 1 is 1.05 bits per heavy atom. The lowest BCUT2D eigenvalue weighted by Crippen LogP contribution is -2.42. The van der Waals surface area contributed by atoms with Crippen molar-refractivity contribution in [3.8, 4) is 0 Å². The van der Waals surface area contributed by atoms with E-state index >= 15 is 0 Å². The molecule has 2 aromatic carbocycles. The molecular weight excluding hydrogens is 532 g/mol. The van der Waals surface area contributed by atoms with E-state index < -0.39 is 24.3 Å². The average Bonchev–Trinajstić information content (AvgIpc) is 3.72. The van der Waals surface area contributed by atoms with Gasteiger partial charge in [-0.25, -0.2) is 4.98 Å². The molecule has 4 aromatic rings. The van der Waals surface area contributed by atoms with Crippen LogP contribution in [0.25, 0.3) is 11.2 Å². The number of hydrogen-bond acceptors (Lipinski definition) is 9. The second kappa shape index (κ2) is 12.0. The highest BCUT2D eigenvalue weighted by molar-refractivity contribution is 5.84. The number of imidazole rings is 1. The van der Waals surface area contributed by atoms with E-state index in [1.807, 2.05) is 36.4 Å². The van der Waals surface area contributed by atoms with Crippen molar-refractivity contribution in [3.05, 3.63) is 78.1 Å². The second-order valence-electron chi connectivity index (χ2n) is 11.3. The van der Waals surface area contributed by atoms with E-state index in [1.54, 1.807) is 17.8 Å². The van der Waals surface area contributed by atoms with Crippen LogP contribution < -0.4 is 21.3 Å². The maximum absolute atomic E-state index is 12.1. The van der Waals surface area contributed by atoms with Gasteiger partial charge in [-0.1, -0.05) is 67.6 Å². The van der Waals surface area contributed by atoms with Crippen LogP contribution in [0.4, 0.5) is 11.8 Å². The van der Waals surface area contributed by atoms with Crippen molar-refractivity contribution < 1.29 is 15.0 Å². The van der Waals surface area contributed by atoms with Gasteiger partial charge in [0.2, 0.25) is 11.9 Å². The fourth-order valence-electron chi connectivity index (χ4n) is 6.11. The average molecular weight is 571 g/mol. The van der Waals surface area contributed by atoms with Crippen molar-refractivity contribution in [1.29, 1.82) is 0 Å². The number of carbonyl (C=O) groups excluding carboxylic acids is 1. The maximum atomic E-state index is 12.1. The Morgan fingerprint density at radius 2 is 1.74 bits per heavy atom. The summed E-state index contributed by atoms with van der Waals surface area (Å²) in [6, 6.07) is 19.7. The molecule has 1 amide bonds. The Morgan fingerprint density at radius 3 is 2.36 bits per heavy atom. The highest BCUT2D eigenvalue weighted by Gasteiger charge is 2.44. The van der Waals surface area contributed by atoms with E-state index in [0.717, 1.165) is 13.0 Å². The third-order valence-electron chi connectivity index (χ3n) is 8.47. The zero-order valence-electron chi connectivity index (χ0n) is 23.7. The number of nitrogens with one attached hydrogen (secondary N) is 2. The standard InChI is InChI=1S/C31H38N8O3/c1-2-25(40)35-23-15-24(28(42)27(23)41)39-18-34-26-29(36-31(37-30(26)39)38-14-13-21(32)17-38)33-16-22(19-9-5-3-6-10-19)20-11-7-4-8-12-20/h3-12,18,21-24,27-28,41-42H,2,13-17,32H2,1H3,(H,35,40)(H,33,36,37)/t21?,23-,24+,27?,28?/m0/s1. The van der Waals surface area contributed by atoms with Crippen LogP contribution >= 0.6 is 0 Å². The number of nitrogens with zero attached hydrogens (tertiary/aromatic N) is 5. The lowest BCUT2D eigenvalue weighted by atomic mass is 9.91. The summed E-state index contributed by atoms with van der Waals surface area (Å²) in [4.78, 5) is 28.6. The van der Waals surface area contributed by atoms with Gasteiger partial charge in [0.25, 0.3) is 0 Å². The minimum atomic E-state index is -1.10. The van der Waals surface area contributed by atoms with Gasteiger partial charge in [-0.3, -0.25) is 4.79 Å². The third-order valence-corrected chi connectivity index (χ3v) is 8.47. The molecule has 0 radical (unpaired) electrons. The van der Waals surface area contributed by atoms with Crippen LogP contribution in [-0.2, 0) is 4.79 Å². The molecule has 0 bridgehead atoms. The number of carbonyl (C=O) groups is 1. The number of benzene rings is 2. The van der Waals surface area contributed by atoms with Gasteiger partial charge in [0.15, 0.2) is 17.0 Å². The summed E-state index contributed by atoms with van der Waals surface area (Å²) in [7, 11) is 0. The van der Waals surface area contributed by atoms with Crippen LogP contribution in [-0.4, -0.2) is 79.6 Å². The fourth-order valence-corrected chi connectivity index (χ4v) is 6.11. The van der Waals surface area contributed by atoms with E-state index in [1.165, 1.54) is 11.1 Å². The number of aliphatic hydroxyl groups excluding tert-OH is 2. The molecule has 11 nitrogen and oxygen atoms in total. The van der Waals surface area contributed by atoms with Crippen molar-refractivity contribution in [2.24, 2.45) is 5.73 Å². The molecule has 3 heterocycles. The highest BCUT2D eigenvalue weighted by atomic mass is 16.3. The molecule has 2 aliphatic rings. The number of anilines is 2. The molecule has 5 atom stereocenters. The second-order valence-corrected chi connectivity index (χ2v) is 11.3. The fraction of sp³-hybridized carbons (Fsp3) is 0.419. The normalized spacial score (nSPS) is 24.0. The van der Waals surface area contributed by atoms with Crippen LogP contribution in [0.15, 0.2) is 67.0 Å². The molecule has 0 spiro atoms. The van der Waals surface area contributed by atoms with Crippen LogP contribution in [0.2, 0.25) is 0 Å². The number of nitrogens with two attached hydrogens (primary N) is 1. The zero-order chi connectivity index (χ0) is 29.2. The quantitative estimate of drug-likeness (QED) is 0.204. The SMILES string of the molecule is CCC(=O)N[C@H]1C[C@@H](n2cnc3c(NCC(c4ccccc4)c4ccccc4)nc(N4CCC(N)C4)nc32)C(O)C1O. The Bertz CT molecular complexity index is 1480. The molecule has 1 aliphatic heterocycles. The van der Waals surface area contributed by atoms with Gasteiger partial charge in [0.1, 0.15) is 12.2 Å². The van der Waals surface area contributed by atoms with E-state index in [-0.39, 0.29) is 17.9 Å². The molecule has 1 aliphatic carbocycles. The first-order chi connectivity index (χ1) is 20.4. The van der Waals surface area contributed by atoms with Crippen molar-refractivity contribution in [2.75, 3.05) is 29.9 Å². The molecule has 42 heavy (non-hydrogen) atoms. The highest BCUT2D eigenvalue weighted by Crippen LogP contribution is 2.35. The van der Waals surface area contributed by atoms with E-state index in [0.29, 0.717) is 48.9 Å². The summed E-state index contributed by atoms with van der Waals surface area (Å²) in [5, 5.41) is 28.2. The van der Waals surface area contributed by atoms with E-state index in [2.05, 4.69) is 44.8 Å². The minimum Gasteiger partial charge on any atom is -0.388 e. The molecule has 6 N–H and O–H groups in total. The van der Waals surface area contributed by atoms with Gasteiger partial charge in [0, 0.05) is 38.0 Å². The smallest absolute Gasteiger partial charge is 0.229 e. The van der Waals surface area contributed by atoms with Crippen molar-refractivity contribution in [3.63, 3.8) is 0 Å². The third kappa shape index (κ3) is 5.55. The lowest BCUT2D eigenvalue weighted by molar-refractivity contribution is -0.122. The summed E-state index contributed by atoms with van der Waals surface area (Å²) in [6.45, 7) is 3.71. The van der Waals surface area contributed by atoms with Crippen LogP contribution in [0.3, 0.4) is 0 Å². The summed E-state index contributed by atoms with van der Waals surface area (Å²) in [5.41, 5.74) is 9.71. The van der Waals surface area contributed by atoms with Crippen molar-refractivity contribution in [1.82, 2.24) is 24.8 Å². The number of fused-ring (bicyclic) bond motifs is 1. The maximum Gasteiger partial charge on any atom is 0.229 e. The number of amides is 1. The predicted octanol–water partition coefficient (Wildman–Crippen LogP) is 2.17. The molecule has 3 unspecified atom stereocenters. The van der Waals surface area contributed by atoms with Gasteiger partial charge in [-0.05, 0) is 24.0 Å². The van der Waals surface area contributed by atoms with Crippen molar-refractivity contribution in [2.45, 2.75) is 62.4 Å². The summed E-state index contributed by atoms with van der Waals surface area (Å²) in [6.07, 6.45) is 0.936. The van der Waals surface area contributed by atoms with Gasteiger partial charge in [0.05, 0.1) is 18.4 Å². The lowest BCUT2D eigenvalue weighted by Gasteiger charge is -2.22. The van der Waals surface area contributed by atoms with Crippen LogP contribution in [0.5, 0.6) is 0 Å². The van der Waals surface area contributed by atoms with Gasteiger partial charge in [-0.15, -0.1) is 0 Å². The van der Waals surface area contributed by atoms with Crippen LogP contribution in [0.1, 0.15) is 49.3 Å². The first kappa shape index (κ1) is 28.1. The van der Waals surface area contributed by atoms with Crippen molar-refractivity contribution >= 4 is 28.8 Å². The Labute approximate surface area is 244 Å². The van der Waals surface area contributed by atoms with Gasteiger partial charge < -0.3 is 36.0 Å². The molecule has 220 valence electrons. The Balaban J connectivity index is 1.36. The number of rotatable bonds is 9.